The molecule has 3 rings (SSSR count). The van der Waals surface area contributed by atoms with Crippen LogP contribution < -0.4 is 0 Å². The lowest BCUT2D eigenvalue weighted by Crippen LogP contribution is -2.35. The summed E-state index contributed by atoms with van der Waals surface area (Å²) >= 11 is 7.09. The number of fused-ring (bicyclic) bond motifs is 1. The Kier molecular flexibility index (Phi) is 4.03. The summed E-state index contributed by atoms with van der Waals surface area (Å²) in [5.74, 6) is -1.73. The van der Waals surface area contributed by atoms with E-state index in [1.807, 2.05) is 0 Å². The van der Waals surface area contributed by atoms with E-state index in [1.165, 1.54) is 0 Å². The maximum atomic E-state index is 12.6. The van der Waals surface area contributed by atoms with Crippen molar-refractivity contribution in [3.8, 4) is 11.5 Å². The van der Waals surface area contributed by atoms with E-state index in [4.69, 9.17) is 11.6 Å². The van der Waals surface area contributed by atoms with E-state index < -0.39 is 22.1 Å². The van der Waals surface area contributed by atoms with Crippen LogP contribution in [0, 0.1) is 10.1 Å². The van der Waals surface area contributed by atoms with Crippen molar-refractivity contribution in [2.45, 2.75) is 19.3 Å². The molecule has 2 N–H and O–H groups in total. The number of hydrogen-bond acceptors (Lipinski definition) is 6. The summed E-state index contributed by atoms with van der Waals surface area (Å²) in [7, 11) is 0. The number of thiophene rings is 1. The summed E-state index contributed by atoms with van der Waals surface area (Å²) in [6.07, 6.45) is 2.89. The van der Waals surface area contributed by atoms with Gasteiger partial charge in [0, 0.05) is 18.5 Å². The van der Waals surface area contributed by atoms with Gasteiger partial charge in [-0.2, -0.15) is 0 Å². The Morgan fingerprint density at radius 2 is 1.96 bits per heavy atom. The van der Waals surface area contributed by atoms with E-state index in [0.29, 0.717) is 13.1 Å². The summed E-state index contributed by atoms with van der Waals surface area (Å²) in [6, 6.07) is 1.14. The van der Waals surface area contributed by atoms with Crippen molar-refractivity contribution < 1.29 is 19.9 Å². The number of nitro groups is 1. The van der Waals surface area contributed by atoms with Gasteiger partial charge in [-0.1, -0.05) is 11.6 Å². The van der Waals surface area contributed by atoms with Crippen molar-refractivity contribution >= 4 is 44.6 Å². The van der Waals surface area contributed by atoms with Crippen LogP contribution in [-0.4, -0.2) is 39.0 Å². The lowest BCUT2D eigenvalue weighted by atomic mass is 10.1. The van der Waals surface area contributed by atoms with E-state index in [-0.39, 0.29) is 25.9 Å². The molecule has 122 valence electrons. The zero-order valence-electron chi connectivity index (χ0n) is 11.9. The summed E-state index contributed by atoms with van der Waals surface area (Å²) in [6.45, 7) is 1.25. The molecule has 1 aromatic carbocycles. The van der Waals surface area contributed by atoms with Crippen LogP contribution in [0.25, 0.3) is 10.1 Å². The van der Waals surface area contributed by atoms with Gasteiger partial charge in [-0.25, -0.2) is 0 Å². The minimum atomic E-state index is -0.822. The monoisotopic (exact) mass is 356 g/mol. The fourth-order valence-electron chi connectivity index (χ4n) is 2.71. The van der Waals surface area contributed by atoms with Crippen LogP contribution in [0.5, 0.6) is 11.5 Å². The molecule has 7 nitrogen and oxygen atoms in total. The highest BCUT2D eigenvalue weighted by Gasteiger charge is 2.30. The quantitative estimate of drug-likeness (QED) is 0.487. The first-order chi connectivity index (χ1) is 10.9. The Labute approximate surface area is 139 Å². The second kappa shape index (κ2) is 5.86. The molecule has 1 aromatic heterocycles. The molecule has 2 aromatic rings. The number of rotatable bonds is 2. The molecule has 9 heteroatoms. The first-order valence-electron chi connectivity index (χ1n) is 7.02. The molecule has 0 bridgehead atoms. The molecule has 0 unspecified atom stereocenters. The Morgan fingerprint density at radius 1 is 1.30 bits per heavy atom. The number of amides is 1. The molecule has 0 saturated carbocycles. The van der Waals surface area contributed by atoms with Crippen molar-refractivity contribution in [1.82, 2.24) is 4.90 Å². The third kappa shape index (κ3) is 2.57. The normalized spacial score (nSPS) is 15.1. The number of phenolic OH excluding ortho intramolecular Hbond substituents is 2. The van der Waals surface area contributed by atoms with E-state index in [9.17, 15) is 25.1 Å². The first kappa shape index (κ1) is 15.8. The van der Waals surface area contributed by atoms with Crippen LogP contribution >= 0.6 is 22.9 Å². The van der Waals surface area contributed by atoms with Gasteiger partial charge in [0.1, 0.15) is 9.58 Å². The Hall–Kier alpha value is -2.06. The Bertz CT molecular complexity index is 813. The van der Waals surface area contributed by atoms with Crippen molar-refractivity contribution in [2.75, 3.05) is 13.1 Å². The molecular formula is C14H13ClN2O5S. The van der Waals surface area contributed by atoms with Gasteiger partial charge >= 0.3 is 5.69 Å². The number of piperidine rings is 1. The number of halogens is 1. The smallest absolute Gasteiger partial charge is 0.332 e. The van der Waals surface area contributed by atoms with Crippen molar-refractivity contribution in [3.63, 3.8) is 0 Å². The van der Waals surface area contributed by atoms with E-state index in [2.05, 4.69) is 0 Å². The highest BCUT2D eigenvalue weighted by atomic mass is 35.5. The lowest BCUT2D eigenvalue weighted by molar-refractivity contribution is -0.383. The fraction of sp³-hybridized carbons (Fsp3) is 0.357. The van der Waals surface area contributed by atoms with Crippen LogP contribution in [-0.2, 0) is 0 Å². The van der Waals surface area contributed by atoms with Crippen molar-refractivity contribution in [3.05, 3.63) is 26.1 Å². The van der Waals surface area contributed by atoms with Gasteiger partial charge in [-0.05, 0) is 25.3 Å². The molecule has 0 atom stereocenters. The Balaban J connectivity index is 2.16. The van der Waals surface area contributed by atoms with Crippen LogP contribution in [0.15, 0.2) is 6.07 Å². The molecule has 0 radical (unpaired) electrons. The number of carbonyl (C=O) groups excluding carboxylic acids is 1. The number of nitrogens with zero attached hydrogens (tertiary/aromatic N) is 2. The van der Waals surface area contributed by atoms with Crippen LogP contribution in [0.1, 0.15) is 28.9 Å². The third-order valence-corrected chi connectivity index (χ3v) is 5.57. The number of carbonyl (C=O) groups is 1. The van der Waals surface area contributed by atoms with Gasteiger partial charge < -0.3 is 15.1 Å². The molecule has 1 saturated heterocycles. The maximum absolute atomic E-state index is 12.6. The van der Waals surface area contributed by atoms with Gasteiger partial charge in [-0.15, -0.1) is 11.3 Å². The number of hydrogen-bond donors (Lipinski definition) is 2. The van der Waals surface area contributed by atoms with Crippen molar-refractivity contribution in [1.29, 1.82) is 0 Å². The van der Waals surface area contributed by atoms with Gasteiger partial charge in [0.25, 0.3) is 5.91 Å². The fourth-order valence-corrected chi connectivity index (χ4v) is 4.27. The minimum absolute atomic E-state index is 0.0685. The highest BCUT2D eigenvalue weighted by molar-refractivity contribution is 7.22. The molecule has 1 amide bonds. The molecule has 0 spiro atoms. The second-order valence-corrected chi connectivity index (χ2v) is 6.72. The first-order valence-corrected chi connectivity index (χ1v) is 8.22. The number of phenols is 2. The number of aromatic hydroxyl groups is 2. The minimum Gasteiger partial charge on any atom is -0.504 e. The third-order valence-electron chi connectivity index (χ3n) is 3.87. The van der Waals surface area contributed by atoms with E-state index in [1.54, 1.807) is 4.90 Å². The molecule has 23 heavy (non-hydrogen) atoms. The number of nitro benzene ring substituents is 1. The SMILES string of the molecule is O=C(c1sc2c([N+](=O)[O-])c(O)c(O)cc2c1Cl)N1CCCCC1. The molecular weight excluding hydrogens is 344 g/mol. The van der Waals surface area contributed by atoms with Crippen LogP contribution in [0.2, 0.25) is 5.02 Å². The average Bonchev–Trinajstić information content (AvgIpc) is 2.85. The standard InChI is InChI=1S/C14H13ClN2O5S/c15-9-7-6-8(18)11(19)10(17(21)22)12(7)23-13(9)14(20)16-4-2-1-3-5-16/h6,18-19H,1-5H2. The van der Waals surface area contributed by atoms with Gasteiger partial charge in [-0.3, -0.25) is 14.9 Å². The Morgan fingerprint density at radius 3 is 2.57 bits per heavy atom. The molecule has 2 heterocycles. The average molecular weight is 357 g/mol. The number of likely N-dealkylation sites (tertiary alicyclic amines) is 1. The molecule has 1 aliphatic rings. The van der Waals surface area contributed by atoms with Gasteiger partial charge in [0.15, 0.2) is 5.75 Å². The highest BCUT2D eigenvalue weighted by Crippen LogP contribution is 2.48. The predicted octanol–water partition coefficient (Wildman–Crippen LogP) is 3.50. The lowest BCUT2D eigenvalue weighted by Gasteiger charge is -2.26. The van der Waals surface area contributed by atoms with E-state index in [0.717, 1.165) is 36.7 Å². The maximum Gasteiger partial charge on any atom is 0.332 e. The predicted molar refractivity (Wildman–Crippen MR) is 86.6 cm³/mol. The van der Waals surface area contributed by atoms with Crippen LogP contribution in [0.3, 0.4) is 0 Å². The van der Waals surface area contributed by atoms with Gasteiger partial charge in [0.2, 0.25) is 5.75 Å². The van der Waals surface area contributed by atoms with E-state index >= 15 is 0 Å². The largest absolute Gasteiger partial charge is 0.504 e. The summed E-state index contributed by atoms with van der Waals surface area (Å²) in [5.41, 5.74) is -0.635. The zero-order chi connectivity index (χ0) is 16.7. The molecule has 1 fully saturated rings. The zero-order valence-corrected chi connectivity index (χ0v) is 13.5. The molecule has 1 aliphatic heterocycles. The summed E-state index contributed by atoms with van der Waals surface area (Å²) < 4.78 is 0.0793. The van der Waals surface area contributed by atoms with Gasteiger partial charge in [0.05, 0.1) is 9.95 Å². The molecule has 0 aliphatic carbocycles. The topological polar surface area (TPSA) is 104 Å². The van der Waals surface area contributed by atoms with Crippen LogP contribution in [0.4, 0.5) is 5.69 Å². The van der Waals surface area contributed by atoms with Crippen molar-refractivity contribution in [2.24, 2.45) is 0 Å². The second-order valence-electron chi connectivity index (χ2n) is 5.32. The summed E-state index contributed by atoms with van der Waals surface area (Å²) in [5, 5.41) is 30.8. The summed E-state index contributed by atoms with van der Waals surface area (Å²) in [4.78, 5) is 24.9. The number of benzene rings is 1.